The minimum Gasteiger partial charge on any atom is -0.359 e. The summed E-state index contributed by atoms with van der Waals surface area (Å²) in [5.41, 5.74) is 2.61. The summed E-state index contributed by atoms with van der Waals surface area (Å²) in [6.07, 6.45) is 5.75. The van der Waals surface area contributed by atoms with E-state index in [-0.39, 0.29) is 0 Å². The van der Waals surface area contributed by atoms with Gasteiger partial charge in [-0.25, -0.2) is 15.8 Å². The lowest BCUT2D eigenvalue weighted by molar-refractivity contribution is 0.337. The van der Waals surface area contributed by atoms with Crippen molar-refractivity contribution in [2.75, 3.05) is 23.9 Å². The highest BCUT2D eigenvalue weighted by Gasteiger charge is 2.39. The predicted molar refractivity (Wildman–Crippen MR) is 76.8 cm³/mol. The minimum absolute atomic E-state index is 0.683. The number of aromatic nitrogens is 2. The first-order valence-electron chi connectivity index (χ1n) is 7.19. The Morgan fingerprint density at radius 1 is 1.37 bits per heavy atom. The Hall–Kier alpha value is -1.36. The van der Waals surface area contributed by atoms with Gasteiger partial charge in [0.15, 0.2) is 0 Å². The molecule has 2 bridgehead atoms. The van der Waals surface area contributed by atoms with E-state index in [9.17, 15) is 0 Å². The lowest BCUT2D eigenvalue weighted by atomic mass is 9.88. The van der Waals surface area contributed by atoms with Crippen molar-refractivity contribution in [1.82, 2.24) is 9.97 Å². The molecule has 0 saturated heterocycles. The number of hydrogen-bond acceptors (Lipinski definition) is 5. The fraction of sp³-hybridized carbons (Fsp3) is 0.714. The zero-order valence-electron chi connectivity index (χ0n) is 11.8. The number of nitrogen functional groups attached to an aromatic ring is 1. The van der Waals surface area contributed by atoms with Crippen molar-refractivity contribution in [2.45, 2.75) is 32.6 Å². The number of nitrogens with one attached hydrogen (secondary N) is 1. The van der Waals surface area contributed by atoms with Gasteiger partial charge in [0, 0.05) is 19.7 Å². The van der Waals surface area contributed by atoms with Crippen LogP contribution in [0.15, 0.2) is 6.07 Å². The predicted octanol–water partition coefficient (Wildman–Crippen LogP) is 1.94. The molecule has 3 atom stereocenters. The van der Waals surface area contributed by atoms with Crippen LogP contribution >= 0.6 is 0 Å². The van der Waals surface area contributed by atoms with Crippen LogP contribution in [0.5, 0.6) is 0 Å². The number of rotatable bonds is 4. The van der Waals surface area contributed by atoms with Crippen LogP contribution < -0.4 is 16.2 Å². The molecule has 1 heterocycles. The lowest BCUT2D eigenvalue weighted by Crippen LogP contribution is -2.29. The summed E-state index contributed by atoms with van der Waals surface area (Å²) >= 11 is 0. The minimum atomic E-state index is 0.683. The Bertz CT molecular complexity index is 461. The first kappa shape index (κ1) is 12.7. The van der Waals surface area contributed by atoms with E-state index < -0.39 is 0 Å². The molecule has 3 N–H and O–H groups in total. The average Bonchev–Trinajstić information content (AvgIpc) is 3.00. The first-order chi connectivity index (χ1) is 9.15. The third-order valence-electron chi connectivity index (χ3n) is 4.76. The highest BCUT2D eigenvalue weighted by molar-refractivity contribution is 5.48. The van der Waals surface area contributed by atoms with Crippen LogP contribution in [0.25, 0.3) is 0 Å². The van der Waals surface area contributed by atoms with Gasteiger partial charge in [-0.15, -0.1) is 0 Å². The maximum atomic E-state index is 5.44. The summed E-state index contributed by atoms with van der Waals surface area (Å²) in [5.74, 6) is 10.6. The van der Waals surface area contributed by atoms with E-state index in [1.165, 1.54) is 25.7 Å². The summed E-state index contributed by atoms with van der Waals surface area (Å²) in [6, 6.07) is 1.92. The summed E-state index contributed by atoms with van der Waals surface area (Å²) in [4.78, 5) is 11.0. The second-order valence-electron chi connectivity index (χ2n) is 6.12. The van der Waals surface area contributed by atoms with Crippen LogP contribution in [-0.4, -0.2) is 23.6 Å². The summed E-state index contributed by atoms with van der Waals surface area (Å²) in [7, 11) is 2.12. The molecule has 5 nitrogen and oxygen atoms in total. The van der Waals surface area contributed by atoms with Gasteiger partial charge in [-0.2, -0.15) is 0 Å². The maximum absolute atomic E-state index is 5.44. The Kier molecular flexibility index (Phi) is 3.31. The molecule has 2 aliphatic rings. The Morgan fingerprint density at radius 3 is 2.84 bits per heavy atom. The zero-order valence-corrected chi connectivity index (χ0v) is 11.8. The second kappa shape index (κ2) is 4.96. The fourth-order valence-corrected chi connectivity index (χ4v) is 3.87. The number of anilines is 2. The molecule has 0 aromatic carbocycles. The molecule has 3 unspecified atom stereocenters. The molecule has 2 saturated carbocycles. The third-order valence-corrected chi connectivity index (χ3v) is 4.76. The average molecular weight is 261 g/mol. The van der Waals surface area contributed by atoms with Crippen molar-refractivity contribution in [3.05, 3.63) is 11.9 Å². The van der Waals surface area contributed by atoms with Gasteiger partial charge >= 0.3 is 0 Å². The Morgan fingerprint density at radius 2 is 2.21 bits per heavy atom. The van der Waals surface area contributed by atoms with Crippen LogP contribution in [-0.2, 0) is 0 Å². The van der Waals surface area contributed by atoms with Crippen molar-refractivity contribution in [2.24, 2.45) is 23.6 Å². The van der Waals surface area contributed by atoms with Gasteiger partial charge < -0.3 is 10.3 Å². The number of nitrogens with zero attached hydrogens (tertiary/aromatic N) is 3. The fourth-order valence-electron chi connectivity index (χ4n) is 3.87. The molecule has 3 rings (SSSR count). The van der Waals surface area contributed by atoms with Gasteiger partial charge in [-0.05, 0) is 43.9 Å². The number of hydrazine groups is 1. The van der Waals surface area contributed by atoms with E-state index in [0.717, 1.165) is 35.9 Å². The lowest BCUT2D eigenvalue weighted by Gasteiger charge is -2.28. The molecule has 0 aliphatic heterocycles. The molecule has 0 spiro atoms. The standard InChI is InChI=1S/C14H23N5/c1-9-16-13(18-15)7-14(17-9)19(2)8-12-6-10-3-4-11(12)5-10/h7,10-12H,3-6,8,15H2,1-2H3,(H,16,17,18). The number of hydrogen-bond donors (Lipinski definition) is 2. The summed E-state index contributed by atoms with van der Waals surface area (Å²) < 4.78 is 0. The Balaban J connectivity index is 1.70. The monoisotopic (exact) mass is 261 g/mol. The van der Waals surface area contributed by atoms with Crippen molar-refractivity contribution >= 4 is 11.6 Å². The van der Waals surface area contributed by atoms with Crippen molar-refractivity contribution in [3.8, 4) is 0 Å². The van der Waals surface area contributed by atoms with Gasteiger partial charge in [0.05, 0.1) is 0 Å². The molecule has 104 valence electrons. The van der Waals surface area contributed by atoms with Gasteiger partial charge in [0.2, 0.25) is 0 Å². The van der Waals surface area contributed by atoms with E-state index >= 15 is 0 Å². The molecule has 2 aliphatic carbocycles. The number of fused-ring (bicyclic) bond motifs is 2. The number of nitrogens with two attached hydrogens (primary N) is 1. The van der Waals surface area contributed by atoms with E-state index in [2.05, 4.69) is 27.3 Å². The largest absolute Gasteiger partial charge is 0.359 e. The molecule has 1 aromatic rings. The van der Waals surface area contributed by atoms with Crippen molar-refractivity contribution in [3.63, 3.8) is 0 Å². The summed E-state index contributed by atoms with van der Waals surface area (Å²) in [6.45, 7) is 3.00. The van der Waals surface area contributed by atoms with E-state index in [1.54, 1.807) is 0 Å². The molecule has 2 fully saturated rings. The topological polar surface area (TPSA) is 67.1 Å². The van der Waals surface area contributed by atoms with Crippen molar-refractivity contribution < 1.29 is 0 Å². The van der Waals surface area contributed by atoms with Crippen LogP contribution in [0.1, 0.15) is 31.5 Å². The second-order valence-corrected chi connectivity index (χ2v) is 6.12. The number of aryl methyl sites for hydroxylation is 1. The van der Waals surface area contributed by atoms with Crippen LogP contribution in [0.4, 0.5) is 11.6 Å². The highest BCUT2D eigenvalue weighted by atomic mass is 15.3. The van der Waals surface area contributed by atoms with E-state index in [4.69, 9.17) is 5.84 Å². The smallest absolute Gasteiger partial charge is 0.145 e. The van der Waals surface area contributed by atoms with E-state index in [0.29, 0.717) is 5.82 Å². The SMILES string of the molecule is Cc1nc(NN)cc(N(C)CC2CC3CCC2C3)n1. The van der Waals surface area contributed by atoms with Gasteiger partial charge in [0.25, 0.3) is 0 Å². The molecular weight excluding hydrogens is 238 g/mol. The van der Waals surface area contributed by atoms with Crippen LogP contribution in [0, 0.1) is 24.7 Å². The van der Waals surface area contributed by atoms with Crippen molar-refractivity contribution in [1.29, 1.82) is 0 Å². The molecule has 19 heavy (non-hydrogen) atoms. The van der Waals surface area contributed by atoms with Crippen LogP contribution in [0.2, 0.25) is 0 Å². The first-order valence-corrected chi connectivity index (χ1v) is 7.19. The molecule has 0 amide bonds. The maximum Gasteiger partial charge on any atom is 0.145 e. The highest BCUT2D eigenvalue weighted by Crippen LogP contribution is 2.48. The van der Waals surface area contributed by atoms with Gasteiger partial charge in [-0.1, -0.05) is 6.42 Å². The quantitative estimate of drug-likeness (QED) is 0.640. The Labute approximate surface area is 114 Å². The van der Waals surface area contributed by atoms with E-state index in [1.807, 2.05) is 13.0 Å². The zero-order chi connectivity index (χ0) is 13.4. The normalized spacial score (nSPS) is 28.7. The molecule has 0 radical (unpaired) electrons. The summed E-state index contributed by atoms with van der Waals surface area (Å²) in [5, 5.41) is 0. The third kappa shape index (κ3) is 2.52. The molecule has 5 heteroatoms. The van der Waals surface area contributed by atoms with Gasteiger partial charge in [0.1, 0.15) is 17.5 Å². The van der Waals surface area contributed by atoms with Gasteiger partial charge in [-0.3, -0.25) is 0 Å². The van der Waals surface area contributed by atoms with Crippen LogP contribution in [0.3, 0.4) is 0 Å². The molecular formula is C14H23N5. The molecule has 1 aromatic heterocycles.